The number of nitrogens with one attached hydrogen (secondary N) is 2. The zero-order valence-electron chi connectivity index (χ0n) is 12.0. The van der Waals surface area contributed by atoms with Gasteiger partial charge in [0.2, 0.25) is 5.95 Å². The highest BCUT2D eigenvalue weighted by atomic mass is 16.3. The second-order valence-corrected chi connectivity index (χ2v) is 5.28. The van der Waals surface area contributed by atoms with Crippen LogP contribution in [-0.4, -0.2) is 27.2 Å². The van der Waals surface area contributed by atoms with E-state index in [1.54, 1.807) is 18.5 Å². The normalized spacial score (nSPS) is 25.5. The lowest BCUT2D eigenvalue weighted by Crippen LogP contribution is -2.28. The smallest absolute Gasteiger partial charge is 0.223 e. The Labute approximate surface area is 128 Å². The lowest BCUT2D eigenvalue weighted by molar-refractivity contribution is 0.171. The Kier molecular flexibility index (Phi) is 4.17. The van der Waals surface area contributed by atoms with Gasteiger partial charge in [-0.15, -0.1) is 0 Å². The number of rotatable bonds is 3. The van der Waals surface area contributed by atoms with Gasteiger partial charge in [-0.3, -0.25) is 0 Å². The molecule has 1 aliphatic carbocycles. The van der Waals surface area contributed by atoms with Crippen LogP contribution in [0.25, 0.3) is 5.57 Å². The van der Waals surface area contributed by atoms with Crippen LogP contribution in [0, 0.1) is 11.3 Å². The first-order chi connectivity index (χ1) is 10.8. The molecule has 1 saturated carbocycles. The number of aliphatic hydroxyl groups is 1. The molecule has 0 unspecified atom stereocenters. The summed E-state index contributed by atoms with van der Waals surface area (Å²) in [6, 6.07) is 3.86. The molecule has 0 spiro atoms. The van der Waals surface area contributed by atoms with Crippen molar-refractivity contribution in [2.45, 2.75) is 31.4 Å². The largest absolute Gasteiger partial charge is 0.391 e. The van der Waals surface area contributed by atoms with Crippen LogP contribution >= 0.6 is 0 Å². The third-order valence-corrected chi connectivity index (χ3v) is 3.80. The third kappa shape index (κ3) is 3.00. The van der Waals surface area contributed by atoms with E-state index in [4.69, 9.17) is 0 Å². The predicted molar refractivity (Wildman–Crippen MR) is 83.2 cm³/mol. The predicted octanol–water partition coefficient (Wildman–Crippen LogP) is 1.71. The lowest BCUT2D eigenvalue weighted by Gasteiger charge is -2.16. The van der Waals surface area contributed by atoms with E-state index in [1.165, 1.54) is 0 Å². The van der Waals surface area contributed by atoms with Crippen LogP contribution in [0.1, 0.15) is 25.0 Å². The van der Waals surface area contributed by atoms with Gasteiger partial charge in [-0.1, -0.05) is 6.08 Å². The van der Waals surface area contributed by atoms with Gasteiger partial charge in [0.1, 0.15) is 11.6 Å². The van der Waals surface area contributed by atoms with Crippen molar-refractivity contribution in [3.8, 4) is 6.07 Å². The van der Waals surface area contributed by atoms with E-state index in [0.717, 1.165) is 19.3 Å². The number of dihydropyridines is 1. The molecule has 0 bridgehead atoms. The summed E-state index contributed by atoms with van der Waals surface area (Å²) in [6.45, 7) is 0. The van der Waals surface area contributed by atoms with Crippen molar-refractivity contribution in [2.24, 2.45) is 0 Å². The van der Waals surface area contributed by atoms with Gasteiger partial charge in [0.05, 0.1) is 23.5 Å². The molecule has 1 aliphatic heterocycles. The van der Waals surface area contributed by atoms with Crippen LogP contribution < -0.4 is 10.6 Å². The third-order valence-electron chi connectivity index (χ3n) is 3.80. The molecule has 3 rings (SSSR count). The summed E-state index contributed by atoms with van der Waals surface area (Å²) in [5.41, 5.74) is 1.71. The number of allylic oxidation sites excluding steroid dienone is 4. The van der Waals surface area contributed by atoms with Gasteiger partial charge in [0, 0.05) is 12.4 Å². The summed E-state index contributed by atoms with van der Waals surface area (Å²) in [5, 5.41) is 25.5. The summed E-state index contributed by atoms with van der Waals surface area (Å²) in [4.78, 5) is 8.59. The molecular formula is C16H17N5O. The van der Waals surface area contributed by atoms with Crippen LogP contribution in [0.4, 0.5) is 5.95 Å². The number of anilines is 1. The summed E-state index contributed by atoms with van der Waals surface area (Å²) in [6.07, 6.45) is 11.2. The SMILES string of the molecule is N#C/C(=C1\C=CC=CN1)c1ccnc(N[C@H]2CCC[C@@H]2O)n1. The Balaban J connectivity index is 1.85. The molecule has 0 aromatic carbocycles. The minimum Gasteiger partial charge on any atom is -0.391 e. The van der Waals surface area contributed by atoms with Crippen molar-refractivity contribution in [3.05, 3.63) is 48.1 Å². The molecule has 1 fully saturated rings. The minimum absolute atomic E-state index is 0.0240. The maximum atomic E-state index is 9.87. The topological polar surface area (TPSA) is 93.9 Å². The number of nitrogens with zero attached hydrogens (tertiary/aromatic N) is 3. The first-order valence-corrected chi connectivity index (χ1v) is 7.30. The summed E-state index contributed by atoms with van der Waals surface area (Å²) < 4.78 is 0. The molecule has 2 atom stereocenters. The van der Waals surface area contributed by atoms with Crippen molar-refractivity contribution in [3.63, 3.8) is 0 Å². The Bertz CT molecular complexity index is 686. The first-order valence-electron chi connectivity index (χ1n) is 7.30. The summed E-state index contributed by atoms with van der Waals surface area (Å²) in [5.74, 6) is 0.437. The van der Waals surface area contributed by atoms with Gasteiger partial charge in [-0.25, -0.2) is 9.97 Å². The van der Waals surface area contributed by atoms with Crippen LogP contribution in [0.3, 0.4) is 0 Å². The van der Waals surface area contributed by atoms with E-state index >= 15 is 0 Å². The highest BCUT2D eigenvalue weighted by molar-refractivity contribution is 5.79. The molecule has 1 aromatic heterocycles. The zero-order valence-corrected chi connectivity index (χ0v) is 12.0. The minimum atomic E-state index is -0.367. The molecule has 6 heteroatoms. The van der Waals surface area contributed by atoms with Gasteiger partial charge in [-0.2, -0.15) is 5.26 Å². The van der Waals surface area contributed by atoms with Gasteiger partial charge in [-0.05, 0) is 37.5 Å². The number of hydrogen-bond donors (Lipinski definition) is 3. The summed E-state index contributed by atoms with van der Waals surface area (Å²) in [7, 11) is 0. The van der Waals surface area contributed by atoms with E-state index in [-0.39, 0.29) is 12.1 Å². The van der Waals surface area contributed by atoms with Crippen LogP contribution in [0.15, 0.2) is 42.4 Å². The van der Waals surface area contributed by atoms with E-state index < -0.39 is 0 Å². The van der Waals surface area contributed by atoms with Gasteiger partial charge in [0.25, 0.3) is 0 Å². The highest BCUT2D eigenvalue weighted by Crippen LogP contribution is 2.23. The van der Waals surface area contributed by atoms with E-state index in [9.17, 15) is 10.4 Å². The summed E-state index contributed by atoms with van der Waals surface area (Å²) >= 11 is 0. The van der Waals surface area contributed by atoms with Gasteiger partial charge in [0.15, 0.2) is 0 Å². The molecule has 0 radical (unpaired) electrons. The number of hydrogen-bond acceptors (Lipinski definition) is 6. The van der Waals surface area contributed by atoms with E-state index in [0.29, 0.717) is 22.9 Å². The zero-order chi connectivity index (χ0) is 15.4. The average molecular weight is 295 g/mol. The molecule has 1 aromatic rings. The Morgan fingerprint density at radius 2 is 2.32 bits per heavy atom. The van der Waals surface area contributed by atoms with Gasteiger partial charge < -0.3 is 15.7 Å². The van der Waals surface area contributed by atoms with Crippen molar-refractivity contribution in [2.75, 3.05) is 5.32 Å². The standard InChI is InChI=1S/C16H17N5O/c17-10-11(12-4-1-2-8-18-12)13-7-9-19-16(20-13)21-14-5-3-6-15(14)22/h1-2,4,7-9,14-15,18,22H,3,5-6H2,(H,19,20,21)/b12-11-/t14-,15-/m0/s1. The monoisotopic (exact) mass is 295 g/mol. The van der Waals surface area contributed by atoms with E-state index in [2.05, 4.69) is 26.7 Å². The lowest BCUT2D eigenvalue weighted by atomic mass is 10.1. The molecular weight excluding hydrogens is 278 g/mol. The number of aromatic nitrogens is 2. The van der Waals surface area contributed by atoms with Crippen LogP contribution in [-0.2, 0) is 0 Å². The molecule has 22 heavy (non-hydrogen) atoms. The van der Waals surface area contributed by atoms with Crippen molar-refractivity contribution >= 4 is 11.5 Å². The molecule has 3 N–H and O–H groups in total. The van der Waals surface area contributed by atoms with Gasteiger partial charge >= 0.3 is 0 Å². The molecule has 0 amide bonds. The number of nitriles is 1. The molecule has 2 aliphatic rings. The second-order valence-electron chi connectivity index (χ2n) is 5.28. The van der Waals surface area contributed by atoms with Crippen LogP contribution in [0.5, 0.6) is 0 Å². The Morgan fingerprint density at radius 3 is 3.00 bits per heavy atom. The Hall–Kier alpha value is -2.65. The Morgan fingerprint density at radius 1 is 1.41 bits per heavy atom. The molecule has 112 valence electrons. The van der Waals surface area contributed by atoms with Crippen molar-refractivity contribution < 1.29 is 5.11 Å². The second kappa shape index (κ2) is 6.41. The van der Waals surface area contributed by atoms with Crippen molar-refractivity contribution in [1.29, 1.82) is 5.26 Å². The maximum absolute atomic E-state index is 9.87. The number of aliphatic hydroxyl groups excluding tert-OH is 1. The molecule has 0 saturated heterocycles. The average Bonchev–Trinajstić information content (AvgIpc) is 2.95. The fourth-order valence-corrected chi connectivity index (χ4v) is 2.65. The molecule has 6 nitrogen and oxygen atoms in total. The maximum Gasteiger partial charge on any atom is 0.223 e. The fraction of sp³-hybridized carbons (Fsp3) is 0.312. The highest BCUT2D eigenvalue weighted by Gasteiger charge is 2.25. The fourth-order valence-electron chi connectivity index (χ4n) is 2.65. The first kappa shape index (κ1) is 14.3. The molecule has 2 heterocycles. The quantitative estimate of drug-likeness (QED) is 0.735. The van der Waals surface area contributed by atoms with Crippen LogP contribution in [0.2, 0.25) is 0 Å². The van der Waals surface area contributed by atoms with E-state index in [1.807, 2.05) is 18.2 Å². The van der Waals surface area contributed by atoms with Crippen molar-refractivity contribution in [1.82, 2.24) is 15.3 Å².